The number of carbonyl (C=O) groups is 1. The molecule has 0 saturated carbocycles. The number of halogens is 2. The average Bonchev–Trinajstić information content (AvgIpc) is 2.86. The predicted octanol–water partition coefficient (Wildman–Crippen LogP) is 3.21. The molecule has 21 heavy (non-hydrogen) atoms. The van der Waals surface area contributed by atoms with Crippen LogP contribution in [0.15, 0.2) is 36.4 Å². The van der Waals surface area contributed by atoms with E-state index in [-0.39, 0.29) is 18.3 Å². The number of para-hydroxylation sites is 1. The second-order valence-electron chi connectivity index (χ2n) is 4.67. The molecule has 1 unspecified atom stereocenters. The van der Waals surface area contributed by atoms with Crippen LogP contribution in [-0.2, 0) is 0 Å². The second-order valence-corrected chi connectivity index (χ2v) is 4.67. The van der Waals surface area contributed by atoms with Crippen molar-refractivity contribution >= 4 is 11.7 Å². The minimum atomic E-state index is -1.38. The van der Waals surface area contributed by atoms with Crippen molar-refractivity contribution in [3.05, 3.63) is 59.2 Å². The maximum absolute atomic E-state index is 13.9. The fraction of sp³-hybridized carbons (Fsp3) is 0.133. The van der Waals surface area contributed by atoms with Gasteiger partial charge < -0.3 is 15.2 Å². The molecule has 6 heteroatoms. The molecule has 0 saturated heterocycles. The van der Waals surface area contributed by atoms with E-state index >= 15 is 0 Å². The lowest BCUT2D eigenvalue weighted by molar-refractivity contribution is 0.0696. The van der Waals surface area contributed by atoms with Gasteiger partial charge >= 0.3 is 5.97 Å². The fourth-order valence-electron chi connectivity index (χ4n) is 2.29. The number of anilines is 1. The first kappa shape index (κ1) is 13.4. The van der Waals surface area contributed by atoms with E-state index in [9.17, 15) is 13.6 Å². The summed E-state index contributed by atoms with van der Waals surface area (Å²) in [6.45, 7) is 0.249. The summed E-state index contributed by atoms with van der Waals surface area (Å²) in [4.78, 5) is 10.8. The minimum Gasteiger partial charge on any atom is -0.491 e. The molecular formula is C15H11F2NO3. The molecule has 108 valence electrons. The zero-order chi connectivity index (χ0) is 15.0. The molecule has 0 fully saturated rings. The van der Waals surface area contributed by atoms with Crippen molar-refractivity contribution in [2.24, 2.45) is 0 Å². The summed E-state index contributed by atoms with van der Waals surface area (Å²) in [6.07, 6.45) is 0. The molecule has 1 heterocycles. The van der Waals surface area contributed by atoms with Crippen LogP contribution in [0.2, 0.25) is 0 Å². The summed E-state index contributed by atoms with van der Waals surface area (Å²) in [6, 6.07) is 8.39. The molecule has 0 aliphatic carbocycles. The zero-order valence-electron chi connectivity index (χ0n) is 10.8. The first-order valence-electron chi connectivity index (χ1n) is 6.27. The Kier molecular flexibility index (Phi) is 3.21. The van der Waals surface area contributed by atoms with Crippen molar-refractivity contribution in [2.75, 3.05) is 11.9 Å². The molecule has 1 atom stereocenters. The van der Waals surface area contributed by atoms with Gasteiger partial charge in [-0.1, -0.05) is 18.2 Å². The predicted molar refractivity (Wildman–Crippen MR) is 71.6 cm³/mol. The van der Waals surface area contributed by atoms with Gasteiger partial charge in [-0.25, -0.2) is 13.6 Å². The first-order chi connectivity index (χ1) is 10.1. The van der Waals surface area contributed by atoms with Gasteiger partial charge in [-0.05, 0) is 18.2 Å². The van der Waals surface area contributed by atoms with E-state index in [2.05, 4.69) is 5.32 Å². The summed E-state index contributed by atoms with van der Waals surface area (Å²) in [5, 5.41) is 11.5. The number of aromatic carboxylic acids is 1. The summed E-state index contributed by atoms with van der Waals surface area (Å²) >= 11 is 0. The van der Waals surface area contributed by atoms with Gasteiger partial charge in [-0.2, -0.15) is 0 Å². The van der Waals surface area contributed by atoms with Crippen LogP contribution < -0.4 is 10.1 Å². The standard InChI is InChI=1S/C15H11F2NO3/c16-10-5-8(15(19)20)6-11(17)14(10)18-12-7-21-13-4-2-1-3-9(12)13/h1-6,12,18H,7H2,(H,19,20). The van der Waals surface area contributed by atoms with E-state index in [1.165, 1.54) is 0 Å². The Hall–Kier alpha value is -2.63. The van der Waals surface area contributed by atoms with E-state index < -0.39 is 23.2 Å². The highest BCUT2D eigenvalue weighted by atomic mass is 19.1. The Morgan fingerprint density at radius 3 is 2.57 bits per heavy atom. The molecule has 1 aliphatic rings. The summed E-state index contributed by atoms with van der Waals surface area (Å²) in [5.41, 5.74) is 0.0162. The monoisotopic (exact) mass is 291 g/mol. The highest BCUT2D eigenvalue weighted by molar-refractivity contribution is 5.88. The van der Waals surface area contributed by atoms with Crippen LogP contribution in [0.1, 0.15) is 22.0 Å². The zero-order valence-corrected chi connectivity index (χ0v) is 10.8. The fourth-order valence-corrected chi connectivity index (χ4v) is 2.29. The van der Waals surface area contributed by atoms with Crippen molar-refractivity contribution < 1.29 is 23.4 Å². The summed E-state index contributed by atoms with van der Waals surface area (Å²) < 4.78 is 33.2. The lowest BCUT2D eigenvalue weighted by atomic mass is 10.1. The van der Waals surface area contributed by atoms with Gasteiger partial charge in [0.05, 0.1) is 11.6 Å². The molecule has 2 aromatic carbocycles. The van der Waals surface area contributed by atoms with Crippen molar-refractivity contribution in [1.29, 1.82) is 0 Å². The minimum absolute atomic E-state index is 0.249. The van der Waals surface area contributed by atoms with Gasteiger partial charge in [0.1, 0.15) is 29.7 Å². The number of carboxylic acid groups (broad SMARTS) is 1. The smallest absolute Gasteiger partial charge is 0.335 e. The van der Waals surface area contributed by atoms with E-state index in [0.717, 1.165) is 17.7 Å². The lowest BCUT2D eigenvalue weighted by Gasteiger charge is -2.15. The number of rotatable bonds is 3. The van der Waals surface area contributed by atoms with Crippen LogP contribution in [-0.4, -0.2) is 17.7 Å². The van der Waals surface area contributed by atoms with Gasteiger partial charge in [-0.3, -0.25) is 0 Å². The highest BCUT2D eigenvalue weighted by Crippen LogP contribution is 2.35. The Morgan fingerprint density at radius 1 is 1.24 bits per heavy atom. The molecule has 0 aromatic heterocycles. The maximum Gasteiger partial charge on any atom is 0.335 e. The molecule has 0 spiro atoms. The third-order valence-electron chi connectivity index (χ3n) is 3.31. The molecule has 0 bridgehead atoms. The molecule has 3 rings (SSSR count). The topological polar surface area (TPSA) is 58.6 Å². The normalized spacial score (nSPS) is 16.2. The largest absolute Gasteiger partial charge is 0.491 e. The Morgan fingerprint density at radius 2 is 1.90 bits per heavy atom. The second kappa shape index (κ2) is 5.05. The highest BCUT2D eigenvalue weighted by Gasteiger charge is 2.26. The number of ether oxygens (including phenoxy) is 1. The van der Waals surface area contributed by atoms with Crippen LogP contribution in [0.4, 0.5) is 14.5 Å². The van der Waals surface area contributed by atoms with Gasteiger partial charge in [0, 0.05) is 5.56 Å². The van der Waals surface area contributed by atoms with Crippen LogP contribution in [0, 0.1) is 11.6 Å². The molecule has 0 radical (unpaired) electrons. The number of benzene rings is 2. The Balaban J connectivity index is 1.91. The van der Waals surface area contributed by atoms with Crippen molar-refractivity contribution in [3.63, 3.8) is 0 Å². The van der Waals surface area contributed by atoms with Gasteiger partial charge in [-0.15, -0.1) is 0 Å². The molecule has 1 aliphatic heterocycles. The van der Waals surface area contributed by atoms with Crippen molar-refractivity contribution in [2.45, 2.75) is 6.04 Å². The first-order valence-corrected chi connectivity index (χ1v) is 6.27. The molecule has 2 N–H and O–H groups in total. The quantitative estimate of drug-likeness (QED) is 0.911. The van der Waals surface area contributed by atoms with Gasteiger partial charge in [0.25, 0.3) is 0 Å². The van der Waals surface area contributed by atoms with Crippen molar-refractivity contribution in [3.8, 4) is 5.75 Å². The Labute approximate surface area is 119 Å². The van der Waals surface area contributed by atoms with Crippen LogP contribution in [0.3, 0.4) is 0 Å². The summed E-state index contributed by atoms with van der Waals surface area (Å²) in [5.74, 6) is -2.61. The van der Waals surface area contributed by atoms with E-state index in [4.69, 9.17) is 9.84 Å². The van der Waals surface area contributed by atoms with Gasteiger partial charge in [0.15, 0.2) is 0 Å². The third-order valence-corrected chi connectivity index (χ3v) is 3.31. The van der Waals surface area contributed by atoms with E-state index in [1.807, 2.05) is 12.1 Å². The molecular weight excluding hydrogens is 280 g/mol. The number of carboxylic acids is 1. The van der Waals surface area contributed by atoms with Crippen LogP contribution in [0.25, 0.3) is 0 Å². The van der Waals surface area contributed by atoms with Gasteiger partial charge in [0.2, 0.25) is 0 Å². The molecule has 4 nitrogen and oxygen atoms in total. The SMILES string of the molecule is O=C(O)c1cc(F)c(NC2COc3ccccc32)c(F)c1. The number of hydrogen-bond donors (Lipinski definition) is 2. The molecule has 2 aromatic rings. The van der Waals surface area contributed by atoms with E-state index in [1.54, 1.807) is 12.1 Å². The van der Waals surface area contributed by atoms with Crippen LogP contribution >= 0.6 is 0 Å². The third kappa shape index (κ3) is 2.40. The lowest BCUT2D eigenvalue weighted by Crippen LogP contribution is -2.15. The van der Waals surface area contributed by atoms with Crippen LogP contribution in [0.5, 0.6) is 5.75 Å². The van der Waals surface area contributed by atoms with Crippen molar-refractivity contribution in [1.82, 2.24) is 0 Å². The number of hydrogen-bond acceptors (Lipinski definition) is 3. The number of fused-ring (bicyclic) bond motifs is 1. The Bertz CT molecular complexity index is 695. The summed E-state index contributed by atoms with van der Waals surface area (Å²) in [7, 11) is 0. The number of nitrogens with one attached hydrogen (secondary N) is 1. The van der Waals surface area contributed by atoms with E-state index in [0.29, 0.717) is 5.75 Å². The molecule has 0 amide bonds. The average molecular weight is 291 g/mol. The maximum atomic E-state index is 13.9.